The van der Waals surface area contributed by atoms with E-state index in [9.17, 15) is 4.79 Å². The van der Waals surface area contributed by atoms with Crippen molar-refractivity contribution in [3.63, 3.8) is 0 Å². The van der Waals surface area contributed by atoms with Gasteiger partial charge in [-0.2, -0.15) is 0 Å². The molecule has 3 nitrogen and oxygen atoms in total. The number of hydrogen-bond acceptors (Lipinski definition) is 3. The minimum atomic E-state index is 0.0523. The van der Waals surface area contributed by atoms with Crippen LogP contribution in [0, 0.1) is 5.92 Å². The van der Waals surface area contributed by atoms with Crippen molar-refractivity contribution in [1.29, 1.82) is 0 Å². The first-order valence-corrected chi connectivity index (χ1v) is 7.60. The summed E-state index contributed by atoms with van der Waals surface area (Å²) in [5.74, 6) is 2.97. The quantitative estimate of drug-likeness (QED) is 0.722. The lowest BCUT2D eigenvalue weighted by Crippen LogP contribution is -2.42. The normalized spacial score (nSPS) is 26.1. The summed E-state index contributed by atoms with van der Waals surface area (Å²) >= 11 is 1.80. The number of hydrogen-bond donors (Lipinski definition) is 2. The summed E-state index contributed by atoms with van der Waals surface area (Å²) < 4.78 is 0. The van der Waals surface area contributed by atoms with Crippen molar-refractivity contribution in [3.05, 3.63) is 0 Å². The maximum absolute atomic E-state index is 11.7. The van der Waals surface area contributed by atoms with E-state index >= 15 is 0 Å². The first-order valence-electron chi connectivity index (χ1n) is 6.45. The third-order valence-electron chi connectivity index (χ3n) is 3.60. The molecular formula is C12H22N2OS. The number of nitrogens with one attached hydrogen (secondary N) is 2. The second kappa shape index (κ2) is 6.50. The fourth-order valence-electron chi connectivity index (χ4n) is 2.59. The Hall–Kier alpha value is -0.220. The smallest absolute Gasteiger partial charge is 0.238 e. The summed E-state index contributed by atoms with van der Waals surface area (Å²) in [5.41, 5.74) is 0. The molecule has 1 saturated heterocycles. The lowest BCUT2D eigenvalue weighted by Gasteiger charge is -2.12. The zero-order chi connectivity index (χ0) is 11.2. The summed E-state index contributed by atoms with van der Waals surface area (Å²) in [5, 5.41) is 6.22. The average molecular weight is 242 g/mol. The van der Waals surface area contributed by atoms with Gasteiger partial charge in [0.2, 0.25) is 5.91 Å². The van der Waals surface area contributed by atoms with Crippen LogP contribution in [0.2, 0.25) is 0 Å². The molecule has 4 heteroatoms. The maximum atomic E-state index is 11.7. The van der Waals surface area contributed by atoms with Gasteiger partial charge in [-0.3, -0.25) is 10.1 Å². The number of carbonyl (C=O) groups is 1. The fourth-order valence-corrected chi connectivity index (χ4v) is 3.53. The molecule has 0 aromatic carbocycles. The molecule has 0 radical (unpaired) electrons. The minimum absolute atomic E-state index is 0.0523. The molecule has 1 saturated carbocycles. The van der Waals surface area contributed by atoms with Gasteiger partial charge in [-0.1, -0.05) is 25.7 Å². The molecule has 1 atom stereocenters. The molecule has 1 heterocycles. The molecule has 16 heavy (non-hydrogen) atoms. The summed E-state index contributed by atoms with van der Waals surface area (Å²) in [7, 11) is 0. The van der Waals surface area contributed by atoms with Crippen molar-refractivity contribution in [2.24, 2.45) is 5.92 Å². The summed E-state index contributed by atoms with van der Waals surface area (Å²) in [4.78, 5) is 11.7. The van der Waals surface area contributed by atoms with Crippen molar-refractivity contribution in [2.45, 2.75) is 44.6 Å². The first kappa shape index (κ1) is 12.2. The van der Waals surface area contributed by atoms with Crippen molar-refractivity contribution >= 4 is 17.7 Å². The Bertz CT molecular complexity index is 223. The SMILES string of the molecule is O=C(NCCCC1CCCC1)C1CSCN1. The van der Waals surface area contributed by atoms with Gasteiger partial charge in [-0.15, -0.1) is 11.8 Å². The molecule has 0 spiro atoms. The van der Waals surface area contributed by atoms with E-state index in [0.29, 0.717) is 0 Å². The van der Waals surface area contributed by atoms with Crippen LogP contribution in [-0.4, -0.2) is 30.1 Å². The van der Waals surface area contributed by atoms with Crippen LogP contribution in [-0.2, 0) is 4.79 Å². The summed E-state index contributed by atoms with van der Waals surface area (Å²) in [6.07, 6.45) is 8.10. The van der Waals surface area contributed by atoms with Gasteiger partial charge < -0.3 is 5.32 Å². The van der Waals surface area contributed by atoms with Gasteiger partial charge in [0.05, 0.1) is 6.04 Å². The van der Waals surface area contributed by atoms with Gasteiger partial charge in [0, 0.05) is 18.2 Å². The highest BCUT2D eigenvalue weighted by molar-refractivity contribution is 7.99. The van der Waals surface area contributed by atoms with Crippen LogP contribution >= 0.6 is 11.8 Å². The van der Waals surface area contributed by atoms with E-state index in [2.05, 4.69) is 10.6 Å². The monoisotopic (exact) mass is 242 g/mol. The molecule has 2 fully saturated rings. The van der Waals surface area contributed by atoms with Gasteiger partial charge >= 0.3 is 0 Å². The Kier molecular flexibility index (Phi) is 4.97. The topological polar surface area (TPSA) is 41.1 Å². The molecule has 0 aromatic rings. The van der Waals surface area contributed by atoms with Crippen LogP contribution in [0.15, 0.2) is 0 Å². The maximum Gasteiger partial charge on any atom is 0.238 e. The highest BCUT2D eigenvalue weighted by Crippen LogP contribution is 2.28. The molecule has 92 valence electrons. The number of amides is 1. The number of thioether (sulfide) groups is 1. The standard InChI is InChI=1S/C12H22N2OS/c15-12(11-8-16-9-14-11)13-7-3-6-10-4-1-2-5-10/h10-11,14H,1-9H2,(H,13,15). The predicted molar refractivity (Wildman–Crippen MR) is 68.5 cm³/mol. The lowest BCUT2D eigenvalue weighted by atomic mass is 10.0. The third kappa shape index (κ3) is 3.67. The largest absolute Gasteiger partial charge is 0.355 e. The van der Waals surface area contributed by atoms with Crippen molar-refractivity contribution < 1.29 is 4.79 Å². The van der Waals surface area contributed by atoms with E-state index in [1.807, 2.05) is 0 Å². The summed E-state index contributed by atoms with van der Waals surface area (Å²) in [6, 6.07) is 0.0523. The van der Waals surface area contributed by atoms with Crippen molar-refractivity contribution in [3.8, 4) is 0 Å². The Morgan fingerprint density at radius 3 is 2.88 bits per heavy atom. The molecule has 1 aliphatic heterocycles. The van der Waals surface area contributed by atoms with E-state index < -0.39 is 0 Å². The van der Waals surface area contributed by atoms with Gasteiger partial charge in [0.15, 0.2) is 0 Å². The number of rotatable bonds is 5. The van der Waals surface area contributed by atoms with E-state index in [4.69, 9.17) is 0 Å². The highest BCUT2D eigenvalue weighted by Gasteiger charge is 2.21. The van der Waals surface area contributed by atoms with Crippen LogP contribution in [0.1, 0.15) is 38.5 Å². The Labute approximate surface area is 102 Å². The second-order valence-corrected chi connectivity index (χ2v) is 5.89. The fraction of sp³-hybridized carbons (Fsp3) is 0.917. The van der Waals surface area contributed by atoms with Gasteiger partial charge in [0.25, 0.3) is 0 Å². The molecule has 0 aromatic heterocycles. The van der Waals surface area contributed by atoms with Gasteiger partial charge in [-0.05, 0) is 18.8 Å². The second-order valence-electron chi connectivity index (χ2n) is 4.86. The Morgan fingerprint density at radius 1 is 1.38 bits per heavy atom. The molecule has 2 rings (SSSR count). The van der Waals surface area contributed by atoms with E-state index in [0.717, 1.165) is 30.5 Å². The van der Waals surface area contributed by atoms with Crippen LogP contribution in [0.3, 0.4) is 0 Å². The van der Waals surface area contributed by atoms with E-state index in [1.54, 1.807) is 11.8 Å². The molecule has 2 N–H and O–H groups in total. The van der Waals surface area contributed by atoms with Crippen molar-refractivity contribution in [2.75, 3.05) is 18.2 Å². The molecule has 1 unspecified atom stereocenters. The Balaban J connectivity index is 1.51. The van der Waals surface area contributed by atoms with Crippen LogP contribution in [0.4, 0.5) is 0 Å². The highest BCUT2D eigenvalue weighted by atomic mass is 32.2. The van der Waals surface area contributed by atoms with Crippen LogP contribution in [0.5, 0.6) is 0 Å². The lowest BCUT2D eigenvalue weighted by molar-refractivity contribution is -0.122. The van der Waals surface area contributed by atoms with Gasteiger partial charge in [0.1, 0.15) is 0 Å². The number of carbonyl (C=O) groups excluding carboxylic acids is 1. The molecule has 1 aliphatic carbocycles. The molecule has 2 aliphatic rings. The molecule has 0 bridgehead atoms. The molecular weight excluding hydrogens is 220 g/mol. The van der Waals surface area contributed by atoms with Crippen molar-refractivity contribution in [1.82, 2.24) is 10.6 Å². The van der Waals surface area contributed by atoms with E-state index in [1.165, 1.54) is 32.1 Å². The summed E-state index contributed by atoms with van der Waals surface area (Å²) in [6.45, 7) is 0.859. The average Bonchev–Trinajstić information content (AvgIpc) is 2.96. The molecule has 1 amide bonds. The zero-order valence-electron chi connectivity index (χ0n) is 9.84. The van der Waals surface area contributed by atoms with E-state index in [-0.39, 0.29) is 11.9 Å². The first-order chi connectivity index (χ1) is 7.86. The zero-order valence-corrected chi connectivity index (χ0v) is 10.7. The minimum Gasteiger partial charge on any atom is -0.355 e. The van der Waals surface area contributed by atoms with Crippen LogP contribution < -0.4 is 10.6 Å². The van der Waals surface area contributed by atoms with Crippen LogP contribution in [0.25, 0.3) is 0 Å². The Morgan fingerprint density at radius 2 is 2.19 bits per heavy atom. The predicted octanol–water partition coefficient (Wildman–Crippen LogP) is 1.74. The third-order valence-corrected chi connectivity index (χ3v) is 4.54. The van der Waals surface area contributed by atoms with Gasteiger partial charge in [-0.25, -0.2) is 0 Å².